The summed E-state index contributed by atoms with van der Waals surface area (Å²) in [6, 6.07) is 18.6. The summed E-state index contributed by atoms with van der Waals surface area (Å²) >= 11 is 0. The SMILES string of the molecule is Cc1cc(C)cc(C(NN)c2ccc3ccccc3n2)c1. The Morgan fingerprint density at radius 2 is 1.67 bits per heavy atom. The summed E-state index contributed by atoms with van der Waals surface area (Å²) in [5.74, 6) is 5.79. The van der Waals surface area contributed by atoms with Gasteiger partial charge >= 0.3 is 0 Å². The molecule has 1 heterocycles. The Hall–Kier alpha value is -2.23. The van der Waals surface area contributed by atoms with Crippen LogP contribution >= 0.6 is 0 Å². The summed E-state index contributed by atoms with van der Waals surface area (Å²) in [5.41, 5.74) is 8.40. The Bertz CT molecular complexity index is 760. The Kier molecular flexibility index (Phi) is 3.69. The van der Waals surface area contributed by atoms with Gasteiger partial charge in [0.1, 0.15) is 0 Å². The Morgan fingerprint density at radius 1 is 0.952 bits per heavy atom. The monoisotopic (exact) mass is 277 g/mol. The van der Waals surface area contributed by atoms with Gasteiger partial charge in [0.2, 0.25) is 0 Å². The first-order valence-corrected chi connectivity index (χ1v) is 7.07. The highest BCUT2D eigenvalue weighted by Crippen LogP contribution is 2.24. The second kappa shape index (κ2) is 5.64. The van der Waals surface area contributed by atoms with Crippen LogP contribution in [0.25, 0.3) is 10.9 Å². The van der Waals surface area contributed by atoms with Gasteiger partial charge in [-0.05, 0) is 31.5 Å². The number of hydrazine groups is 1. The molecule has 0 fully saturated rings. The van der Waals surface area contributed by atoms with E-state index >= 15 is 0 Å². The van der Waals surface area contributed by atoms with Crippen molar-refractivity contribution in [3.8, 4) is 0 Å². The average molecular weight is 277 g/mol. The molecular formula is C18H19N3. The van der Waals surface area contributed by atoms with Crippen molar-refractivity contribution >= 4 is 10.9 Å². The van der Waals surface area contributed by atoms with Gasteiger partial charge in [-0.25, -0.2) is 5.43 Å². The molecule has 1 aromatic heterocycles. The molecule has 21 heavy (non-hydrogen) atoms. The average Bonchev–Trinajstić information content (AvgIpc) is 2.47. The lowest BCUT2D eigenvalue weighted by Gasteiger charge is -2.17. The number of fused-ring (bicyclic) bond motifs is 1. The second-order valence-corrected chi connectivity index (χ2v) is 5.45. The number of rotatable bonds is 3. The molecule has 3 heteroatoms. The molecule has 1 unspecified atom stereocenters. The van der Waals surface area contributed by atoms with E-state index in [0.717, 1.165) is 22.2 Å². The highest BCUT2D eigenvalue weighted by atomic mass is 15.2. The van der Waals surface area contributed by atoms with Gasteiger partial charge in [-0.3, -0.25) is 10.8 Å². The first kappa shape index (κ1) is 13.7. The minimum absolute atomic E-state index is 0.104. The zero-order valence-corrected chi connectivity index (χ0v) is 12.3. The molecule has 3 N–H and O–H groups in total. The molecule has 3 nitrogen and oxygen atoms in total. The number of nitrogens with one attached hydrogen (secondary N) is 1. The van der Waals surface area contributed by atoms with Gasteiger partial charge in [0.25, 0.3) is 0 Å². The highest BCUT2D eigenvalue weighted by molar-refractivity contribution is 5.78. The van der Waals surface area contributed by atoms with Crippen molar-refractivity contribution in [1.29, 1.82) is 0 Å². The lowest BCUT2D eigenvalue weighted by atomic mass is 9.99. The number of aromatic nitrogens is 1. The second-order valence-electron chi connectivity index (χ2n) is 5.45. The minimum Gasteiger partial charge on any atom is -0.271 e. The molecular weight excluding hydrogens is 258 g/mol. The van der Waals surface area contributed by atoms with Crippen LogP contribution in [0.15, 0.2) is 54.6 Å². The third kappa shape index (κ3) is 2.79. The third-order valence-corrected chi connectivity index (χ3v) is 3.66. The van der Waals surface area contributed by atoms with E-state index < -0.39 is 0 Å². The van der Waals surface area contributed by atoms with Crippen LogP contribution in [0.5, 0.6) is 0 Å². The number of hydrogen-bond acceptors (Lipinski definition) is 3. The molecule has 106 valence electrons. The summed E-state index contributed by atoms with van der Waals surface area (Å²) < 4.78 is 0. The van der Waals surface area contributed by atoms with Gasteiger partial charge in [0, 0.05) is 5.39 Å². The van der Waals surface area contributed by atoms with Gasteiger partial charge in [-0.2, -0.15) is 0 Å². The molecule has 0 radical (unpaired) electrons. The zero-order chi connectivity index (χ0) is 14.8. The third-order valence-electron chi connectivity index (χ3n) is 3.66. The van der Waals surface area contributed by atoms with Gasteiger partial charge in [-0.1, -0.05) is 53.6 Å². The lowest BCUT2D eigenvalue weighted by molar-refractivity contribution is 0.622. The van der Waals surface area contributed by atoms with E-state index in [9.17, 15) is 0 Å². The summed E-state index contributed by atoms with van der Waals surface area (Å²) in [7, 11) is 0. The largest absolute Gasteiger partial charge is 0.271 e. The van der Waals surface area contributed by atoms with Crippen LogP contribution in [-0.4, -0.2) is 4.98 Å². The molecule has 1 atom stereocenters. The molecule has 0 bridgehead atoms. The van der Waals surface area contributed by atoms with E-state index in [4.69, 9.17) is 10.8 Å². The van der Waals surface area contributed by atoms with Crippen LogP contribution in [0.1, 0.15) is 28.4 Å². The first-order chi connectivity index (χ1) is 10.2. The summed E-state index contributed by atoms with van der Waals surface area (Å²) in [5, 5.41) is 1.14. The van der Waals surface area contributed by atoms with Crippen LogP contribution in [0.3, 0.4) is 0 Å². The first-order valence-electron chi connectivity index (χ1n) is 7.07. The quantitative estimate of drug-likeness (QED) is 0.570. The maximum absolute atomic E-state index is 5.79. The molecule has 3 aromatic rings. The zero-order valence-electron chi connectivity index (χ0n) is 12.3. The predicted octanol–water partition coefficient (Wildman–Crippen LogP) is 3.40. The van der Waals surface area contributed by atoms with Crippen molar-refractivity contribution in [2.45, 2.75) is 19.9 Å². The molecule has 0 aliphatic heterocycles. The number of nitrogens with two attached hydrogens (primary N) is 1. The van der Waals surface area contributed by atoms with Crippen molar-refractivity contribution < 1.29 is 0 Å². The maximum Gasteiger partial charge on any atom is 0.0881 e. The molecule has 2 aromatic carbocycles. The fourth-order valence-corrected chi connectivity index (χ4v) is 2.77. The molecule has 0 amide bonds. The van der Waals surface area contributed by atoms with Crippen LogP contribution in [0.2, 0.25) is 0 Å². The van der Waals surface area contributed by atoms with Crippen molar-refractivity contribution in [3.05, 3.63) is 77.0 Å². The normalized spacial score (nSPS) is 12.5. The number of aryl methyl sites for hydroxylation is 2. The number of hydrogen-bond donors (Lipinski definition) is 2. The summed E-state index contributed by atoms with van der Waals surface area (Å²) in [6.07, 6.45) is 0. The molecule has 0 saturated heterocycles. The lowest BCUT2D eigenvalue weighted by Crippen LogP contribution is -2.29. The van der Waals surface area contributed by atoms with Gasteiger partial charge in [0.15, 0.2) is 0 Å². The standard InChI is InChI=1S/C18H19N3/c1-12-9-13(2)11-15(10-12)18(21-19)17-8-7-14-5-3-4-6-16(14)20-17/h3-11,18,21H,19H2,1-2H3. The van der Waals surface area contributed by atoms with E-state index in [-0.39, 0.29) is 6.04 Å². The van der Waals surface area contributed by atoms with Crippen LogP contribution in [0.4, 0.5) is 0 Å². The van der Waals surface area contributed by atoms with E-state index in [0.29, 0.717) is 0 Å². The van der Waals surface area contributed by atoms with E-state index in [1.807, 2.05) is 24.3 Å². The number of nitrogens with zero attached hydrogens (tertiary/aromatic N) is 1. The Labute approximate surface area is 124 Å². The number of para-hydroxylation sites is 1. The molecule has 0 aliphatic rings. The van der Waals surface area contributed by atoms with Crippen molar-refractivity contribution in [2.24, 2.45) is 5.84 Å². The topological polar surface area (TPSA) is 50.9 Å². The Morgan fingerprint density at radius 3 is 2.38 bits per heavy atom. The van der Waals surface area contributed by atoms with Crippen LogP contribution in [-0.2, 0) is 0 Å². The van der Waals surface area contributed by atoms with Gasteiger partial charge in [-0.15, -0.1) is 0 Å². The molecule has 3 rings (SSSR count). The fraction of sp³-hybridized carbons (Fsp3) is 0.167. The fourth-order valence-electron chi connectivity index (χ4n) is 2.77. The van der Waals surface area contributed by atoms with E-state index in [2.05, 4.69) is 49.6 Å². The van der Waals surface area contributed by atoms with E-state index in [1.165, 1.54) is 11.1 Å². The molecule has 0 spiro atoms. The van der Waals surface area contributed by atoms with Gasteiger partial charge < -0.3 is 0 Å². The molecule has 0 aliphatic carbocycles. The highest BCUT2D eigenvalue weighted by Gasteiger charge is 2.15. The minimum atomic E-state index is -0.104. The van der Waals surface area contributed by atoms with E-state index in [1.54, 1.807) is 0 Å². The Balaban J connectivity index is 2.08. The van der Waals surface area contributed by atoms with Crippen LogP contribution in [0, 0.1) is 13.8 Å². The molecule has 0 saturated carbocycles. The number of pyridine rings is 1. The van der Waals surface area contributed by atoms with Crippen molar-refractivity contribution in [2.75, 3.05) is 0 Å². The summed E-state index contributed by atoms with van der Waals surface area (Å²) in [4.78, 5) is 4.74. The van der Waals surface area contributed by atoms with Crippen molar-refractivity contribution in [3.63, 3.8) is 0 Å². The van der Waals surface area contributed by atoms with Gasteiger partial charge in [0.05, 0.1) is 17.3 Å². The predicted molar refractivity (Wildman–Crippen MR) is 86.8 cm³/mol. The number of benzene rings is 2. The maximum atomic E-state index is 5.79. The van der Waals surface area contributed by atoms with Crippen LogP contribution < -0.4 is 11.3 Å². The summed E-state index contributed by atoms with van der Waals surface area (Å²) in [6.45, 7) is 4.19. The smallest absolute Gasteiger partial charge is 0.0881 e. The van der Waals surface area contributed by atoms with Crippen molar-refractivity contribution in [1.82, 2.24) is 10.4 Å².